The van der Waals surface area contributed by atoms with Crippen LogP contribution in [0, 0.1) is 0 Å². The van der Waals surface area contributed by atoms with Crippen molar-refractivity contribution in [3.8, 4) is 0 Å². The lowest BCUT2D eigenvalue weighted by molar-refractivity contribution is 0.0518. The van der Waals surface area contributed by atoms with E-state index in [-0.39, 0.29) is 11.4 Å². The second-order valence-electron chi connectivity index (χ2n) is 6.47. The fourth-order valence-electron chi connectivity index (χ4n) is 2.32. The molecule has 6 nitrogen and oxygen atoms in total. The van der Waals surface area contributed by atoms with Gasteiger partial charge < -0.3 is 9.64 Å². The van der Waals surface area contributed by atoms with Crippen molar-refractivity contribution < 1.29 is 9.53 Å². The van der Waals surface area contributed by atoms with Crippen molar-refractivity contribution in [2.45, 2.75) is 26.4 Å². The van der Waals surface area contributed by atoms with Crippen molar-refractivity contribution >= 4 is 35.4 Å². The molecule has 2 aromatic rings. The maximum Gasteiger partial charge on any atom is 0.603 e. The Labute approximate surface area is 144 Å². The topological polar surface area (TPSA) is 58.3 Å². The van der Waals surface area contributed by atoms with Crippen LogP contribution in [0.15, 0.2) is 30.5 Å². The molecule has 7 heteroatoms. The van der Waals surface area contributed by atoms with Gasteiger partial charge in [-0.25, -0.2) is 9.97 Å². The number of carbonyl (C=O) groups is 1. The van der Waals surface area contributed by atoms with Crippen LogP contribution < -0.4 is 20.1 Å². The lowest BCUT2D eigenvalue weighted by atomic mass is 10.2. The molecule has 0 radical (unpaired) electrons. The van der Waals surface area contributed by atoms with E-state index in [1.807, 2.05) is 50.9 Å². The highest BCUT2D eigenvalue weighted by Gasteiger charge is 2.30. The summed E-state index contributed by atoms with van der Waals surface area (Å²) < 4.78 is 6.88. The first kappa shape index (κ1) is 16.4. The van der Waals surface area contributed by atoms with Crippen molar-refractivity contribution in [1.82, 2.24) is 14.5 Å². The molecule has 0 aliphatic carbocycles. The van der Waals surface area contributed by atoms with Crippen LogP contribution in [-0.2, 0) is 4.74 Å². The number of anilines is 2. The fourth-order valence-corrected chi connectivity index (χ4v) is 2.47. The molecular formula is C17H18ClN4O2+. The van der Waals surface area contributed by atoms with Crippen LogP contribution in [0.5, 0.6) is 0 Å². The van der Waals surface area contributed by atoms with Crippen molar-refractivity contribution in [2.75, 3.05) is 11.9 Å². The van der Waals surface area contributed by atoms with Gasteiger partial charge in [-0.05, 0) is 50.6 Å². The second-order valence-corrected chi connectivity index (χ2v) is 6.80. The van der Waals surface area contributed by atoms with Gasteiger partial charge in [0, 0.05) is 25.0 Å². The maximum atomic E-state index is 12.1. The first-order valence-electron chi connectivity index (χ1n) is 7.48. The standard InChI is InChI=1S/C17H18ClN4O2/c1-17(2,3)24-16(23)22-10-11-9-12(5-6-13(11)22)21(4)14-7-8-19-15(18)20-14/h5-10H,1-4H3/q+1. The molecule has 1 aromatic heterocycles. The number of rotatable bonds is 2. The molecule has 1 aromatic carbocycles. The third-order valence-electron chi connectivity index (χ3n) is 3.47. The van der Waals surface area contributed by atoms with Crippen LogP contribution in [-0.4, -0.2) is 28.7 Å². The average molecular weight is 346 g/mol. The summed E-state index contributed by atoms with van der Waals surface area (Å²) in [7, 11) is 1.89. The zero-order valence-electron chi connectivity index (χ0n) is 13.9. The molecule has 3 rings (SSSR count). The lowest BCUT2D eigenvalue weighted by Crippen LogP contribution is -2.51. The summed E-state index contributed by atoms with van der Waals surface area (Å²) in [6, 6.07) is 7.56. The Morgan fingerprint density at radius 2 is 2.04 bits per heavy atom. The lowest BCUT2D eigenvalue weighted by Gasteiger charge is -2.19. The predicted molar refractivity (Wildman–Crippen MR) is 92.7 cm³/mol. The summed E-state index contributed by atoms with van der Waals surface area (Å²) in [5, 5.41) is 1.98. The van der Waals surface area contributed by atoms with Gasteiger partial charge in [0.25, 0.3) is 0 Å². The molecule has 0 fully saturated rings. The Hall–Kier alpha value is -2.47. The number of carbonyl (C=O) groups excluding carboxylic acids is 1. The van der Waals surface area contributed by atoms with Gasteiger partial charge in [0.2, 0.25) is 10.6 Å². The molecule has 0 N–H and O–H groups in total. The number of amides is 1. The molecular weight excluding hydrogens is 328 g/mol. The molecule has 24 heavy (non-hydrogen) atoms. The number of halogens is 1. The van der Waals surface area contributed by atoms with Gasteiger partial charge in [-0.15, -0.1) is 0 Å². The summed E-state index contributed by atoms with van der Waals surface area (Å²) in [6.07, 6.45) is 2.99. The maximum absolute atomic E-state index is 12.1. The van der Waals surface area contributed by atoms with E-state index in [2.05, 4.69) is 9.97 Å². The second kappa shape index (κ2) is 5.87. The van der Waals surface area contributed by atoms with E-state index in [1.165, 1.54) is 4.58 Å². The summed E-state index contributed by atoms with van der Waals surface area (Å²) in [4.78, 5) is 22.1. The zero-order chi connectivity index (χ0) is 17.5. The Balaban J connectivity index is 1.88. The smallest absolute Gasteiger partial charge is 0.406 e. The van der Waals surface area contributed by atoms with Crippen LogP contribution >= 0.6 is 11.6 Å². The van der Waals surface area contributed by atoms with Crippen molar-refractivity contribution in [2.24, 2.45) is 0 Å². The summed E-state index contributed by atoms with van der Waals surface area (Å²) in [6.45, 7) is 5.53. The van der Waals surface area contributed by atoms with Crippen LogP contribution in [0.25, 0.3) is 6.20 Å². The Kier molecular flexibility index (Phi) is 4.01. The van der Waals surface area contributed by atoms with E-state index in [9.17, 15) is 4.79 Å². The minimum Gasteiger partial charge on any atom is -0.406 e. The van der Waals surface area contributed by atoms with E-state index >= 15 is 0 Å². The number of ether oxygens (including phenoxy) is 1. The summed E-state index contributed by atoms with van der Waals surface area (Å²) >= 11 is 5.84. The molecule has 1 aliphatic rings. The number of hydrogen-bond donors (Lipinski definition) is 0. The van der Waals surface area contributed by atoms with Crippen molar-refractivity contribution in [3.63, 3.8) is 0 Å². The molecule has 124 valence electrons. The van der Waals surface area contributed by atoms with Crippen LogP contribution in [0.2, 0.25) is 5.28 Å². The fraction of sp³-hybridized carbons (Fsp3) is 0.294. The van der Waals surface area contributed by atoms with Gasteiger partial charge in [0.05, 0.1) is 0 Å². The molecule has 1 aliphatic heterocycles. The van der Waals surface area contributed by atoms with Gasteiger partial charge in [0.1, 0.15) is 16.6 Å². The van der Waals surface area contributed by atoms with Gasteiger partial charge in [-0.1, -0.05) is 4.58 Å². The largest absolute Gasteiger partial charge is 0.603 e. The molecule has 1 amide bonds. The number of hydrogen-bond acceptors (Lipinski definition) is 5. The van der Waals surface area contributed by atoms with Crippen molar-refractivity contribution in [1.29, 1.82) is 0 Å². The van der Waals surface area contributed by atoms with E-state index in [1.54, 1.807) is 18.5 Å². The van der Waals surface area contributed by atoms with Gasteiger partial charge >= 0.3 is 6.09 Å². The number of fused-ring (bicyclic) bond motifs is 1. The first-order chi connectivity index (χ1) is 11.2. The summed E-state index contributed by atoms with van der Waals surface area (Å²) in [5.41, 5.74) is 0.413. The third-order valence-corrected chi connectivity index (χ3v) is 3.65. The zero-order valence-corrected chi connectivity index (χ0v) is 14.7. The SMILES string of the molecule is CN(c1ccc2c(c1)=C[N+]=2C(=O)OC(C)(C)C)c1ccnc(Cl)n1. The van der Waals surface area contributed by atoms with Crippen LogP contribution in [0.1, 0.15) is 20.8 Å². The number of nitrogens with zero attached hydrogens (tertiary/aromatic N) is 4. The quantitative estimate of drug-likeness (QED) is 0.616. The van der Waals surface area contributed by atoms with E-state index < -0.39 is 5.60 Å². The highest BCUT2D eigenvalue weighted by molar-refractivity contribution is 6.28. The molecule has 0 unspecified atom stereocenters. The minimum atomic E-state index is -0.521. The Bertz CT molecular complexity index is 934. The minimum absolute atomic E-state index is 0.200. The first-order valence-corrected chi connectivity index (χ1v) is 7.86. The van der Waals surface area contributed by atoms with Gasteiger partial charge in [0.15, 0.2) is 6.20 Å². The van der Waals surface area contributed by atoms with Crippen molar-refractivity contribution in [3.05, 3.63) is 46.3 Å². The predicted octanol–water partition coefficient (Wildman–Crippen LogP) is 2.08. The van der Waals surface area contributed by atoms with E-state index in [0.29, 0.717) is 5.82 Å². The van der Waals surface area contributed by atoms with Crippen LogP contribution in [0.3, 0.4) is 0 Å². The Morgan fingerprint density at radius 3 is 2.67 bits per heavy atom. The molecule has 0 spiro atoms. The molecule has 0 bridgehead atoms. The Morgan fingerprint density at radius 1 is 1.29 bits per heavy atom. The molecule has 0 saturated carbocycles. The average Bonchev–Trinajstić information content (AvgIpc) is 2.46. The van der Waals surface area contributed by atoms with Gasteiger partial charge in [-0.2, -0.15) is 4.79 Å². The molecule has 0 atom stereocenters. The number of aromatic nitrogens is 2. The number of benzene rings is 1. The molecule has 0 saturated heterocycles. The van der Waals surface area contributed by atoms with E-state index in [0.717, 1.165) is 16.3 Å². The molecule has 2 heterocycles. The highest BCUT2D eigenvalue weighted by atomic mass is 35.5. The van der Waals surface area contributed by atoms with Gasteiger partial charge in [-0.3, -0.25) is 0 Å². The van der Waals surface area contributed by atoms with Crippen LogP contribution in [0.4, 0.5) is 16.3 Å². The normalized spacial score (nSPS) is 12.8. The summed E-state index contributed by atoms with van der Waals surface area (Å²) in [5.74, 6) is 0.693. The monoisotopic (exact) mass is 345 g/mol. The van der Waals surface area contributed by atoms with E-state index in [4.69, 9.17) is 16.3 Å². The third kappa shape index (κ3) is 3.23. The highest BCUT2D eigenvalue weighted by Crippen LogP contribution is 2.20.